The van der Waals surface area contributed by atoms with E-state index in [0.717, 1.165) is 30.0 Å². The zero-order valence-corrected chi connectivity index (χ0v) is 9.35. The number of rotatable bonds is 1. The molecule has 0 spiro atoms. The molecule has 16 heavy (non-hydrogen) atoms. The first-order chi connectivity index (χ1) is 7.83. The van der Waals surface area contributed by atoms with Gasteiger partial charge < -0.3 is 0 Å². The van der Waals surface area contributed by atoms with Gasteiger partial charge in [-0.15, -0.1) is 0 Å². The molecule has 0 bridgehead atoms. The van der Waals surface area contributed by atoms with Crippen LogP contribution in [0.25, 0.3) is 11.3 Å². The Labute approximate surface area is 95.4 Å². The van der Waals surface area contributed by atoms with Crippen LogP contribution in [0.3, 0.4) is 0 Å². The summed E-state index contributed by atoms with van der Waals surface area (Å²) >= 11 is 0. The Balaban J connectivity index is 2.03. The molecular weight excluding hydrogens is 196 g/mol. The molecule has 1 heterocycles. The summed E-state index contributed by atoms with van der Waals surface area (Å²) in [6, 6.07) is 12.4. The third-order valence-corrected chi connectivity index (χ3v) is 3.14. The fourth-order valence-electron chi connectivity index (χ4n) is 2.33. The first kappa shape index (κ1) is 9.52. The molecule has 2 heteroatoms. The molecule has 0 radical (unpaired) electrons. The number of nitrogens with zero attached hydrogens (tertiary/aromatic N) is 2. The Morgan fingerprint density at radius 1 is 1.06 bits per heavy atom. The largest absolute Gasteiger partial charge is 0.155 e. The van der Waals surface area contributed by atoms with E-state index in [1.807, 2.05) is 18.2 Å². The van der Waals surface area contributed by atoms with Gasteiger partial charge in [0.25, 0.3) is 0 Å². The predicted molar refractivity (Wildman–Crippen MR) is 64.0 cm³/mol. The minimum absolute atomic E-state index is 0.718. The van der Waals surface area contributed by atoms with Crippen LogP contribution in [0.1, 0.15) is 18.2 Å². The van der Waals surface area contributed by atoms with Gasteiger partial charge in [-0.05, 0) is 30.4 Å². The minimum Gasteiger partial charge on any atom is -0.155 e. The van der Waals surface area contributed by atoms with Gasteiger partial charge in [-0.1, -0.05) is 37.3 Å². The summed E-state index contributed by atoms with van der Waals surface area (Å²) in [7, 11) is 0. The summed E-state index contributed by atoms with van der Waals surface area (Å²) in [6.45, 7) is 2.27. The molecule has 0 N–H and O–H groups in total. The molecule has 1 aliphatic rings. The average molecular weight is 210 g/mol. The van der Waals surface area contributed by atoms with E-state index in [4.69, 9.17) is 0 Å². The molecule has 1 unspecified atom stereocenters. The highest BCUT2D eigenvalue weighted by Gasteiger charge is 2.20. The Kier molecular flexibility index (Phi) is 2.21. The van der Waals surface area contributed by atoms with E-state index >= 15 is 0 Å². The summed E-state index contributed by atoms with van der Waals surface area (Å²) in [6.07, 6.45) is 2.22. The van der Waals surface area contributed by atoms with Gasteiger partial charge in [0.2, 0.25) is 0 Å². The zero-order chi connectivity index (χ0) is 11.0. The summed E-state index contributed by atoms with van der Waals surface area (Å²) in [5.41, 5.74) is 4.71. The Morgan fingerprint density at radius 2 is 1.88 bits per heavy atom. The predicted octanol–water partition coefficient (Wildman–Crippen LogP) is 2.88. The highest BCUT2D eigenvalue weighted by molar-refractivity contribution is 5.59. The Hall–Kier alpha value is -1.70. The molecule has 1 atom stereocenters. The molecule has 1 aromatic carbocycles. The van der Waals surface area contributed by atoms with Crippen LogP contribution in [0.15, 0.2) is 36.4 Å². The van der Waals surface area contributed by atoms with Crippen LogP contribution in [0.4, 0.5) is 0 Å². The number of aromatic nitrogens is 2. The number of hydrogen-bond donors (Lipinski definition) is 0. The standard InChI is InChI=1S/C14H14N2/c1-10-7-12-9-14(16-15-13(12)8-10)11-5-3-2-4-6-11/h2-6,9-10H,7-8H2,1H3. The zero-order valence-electron chi connectivity index (χ0n) is 9.35. The van der Waals surface area contributed by atoms with Crippen LogP contribution in [-0.2, 0) is 12.8 Å². The second kappa shape index (κ2) is 3.71. The third kappa shape index (κ3) is 1.60. The van der Waals surface area contributed by atoms with Crippen LogP contribution < -0.4 is 0 Å². The van der Waals surface area contributed by atoms with Crippen molar-refractivity contribution >= 4 is 0 Å². The summed E-state index contributed by atoms with van der Waals surface area (Å²) < 4.78 is 0. The topological polar surface area (TPSA) is 25.8 Å². The average Bonchev–Trinajstić information content (AvgIpc) is 2.69. The van der Waals surface area contributed by atoms with Gasteiger partial charge in [0, 0.05) is 5.56 Å². The van der Waals surface area contributed by atoms with Gasteiger partial charge in [-0.3, -0.25) is 0 Å². The molecule has 1 aliphatic carbocycles. The molecule has 1 aromatic heterocycles. The summed E-state index contributed by atoms with van der Waals surface area (Å²) in [5.74, 6) is 0.718. The SMILES string of the molecule is CC1Cc2cc(-c3ccccc3)nnc2C1. The minimum atomic E-state index is 0.718. The van der Waals surface area contributed by atoms with Crippen LogP contribution >= 0.6 is 0 Å². The molecule has 0 fully saturated rings. The van der Waals surface area contributed by atoms with E-state index in [2.05, 4.69) is 35.3 Å². The smallest absolute Gasteiger partial charge is 0.0932 e. The van der Waals surface area contributed by atoms with Crippen LogP contribution in [0.2, 0.25) is 0 Å². The van der Waals surface area contributed by atoms with Crippen LogP contribution in [0, 0.1) is 5.92 Å². The van der Waals surface area contributed by atoms with Crippen molar-refractivity contribution < 1.29 is 0 Å². The van der Waals surface area contributed by atoms with Crippen molar-refractivity contribution in [3.8, 4) is 11.3 Å². The molecule has 2 nitrogen and oxygen atoms in total. The maximum absolute atomic E-state index is 4.34. The Bertz CT molecular complexity index is 505. The molecule has 0 amide bonds. The van der Waals surface area contributed by atoms with Crippen LogP contribution in [-0.4, -0.2) is 10.2 Å². The molecule has 0 saturated heterocycles. The van der Waals surface area contributed by atoms with E-state index < -0.39 is 0 Å². The lowest BCUT2D eigenvalue weighted by molar-refractivity contribution is 0.622. The number of hydrogen-bond acceptors (Lipinski definition) is 2. The first-order valence-electron chi connectivity index (χ1n) is 5.74. The molecule has 0 aliphatic heterocycles. The van der Waals surface area contributed by atoms with Gasteiger partial charge in [0.15, 0.2) is 0 Å². The van der Waals surface area contributed by atoms with Crippen molar-refractivity contribution in [3.05, 3.63) is 47.7 Å². The van der Waals surface area contributed by atoms with Gasteiger partial charge in [0.1, 0.15) is 0 Å². The fourth-order valence-corrected chi connectivity index (χ4v) is 2.33. The van der Waals surface area contributed by atoms with Gasteiger partial charge in [-0.25, -0.2) is 0 Å². The van der Waals surface area contributed by atoms with Gasteiger partial charge in [-0.2, -0.15) is 10.2 Å². The van der Waals surface area contributed by atoms with Crippen molar-refractivity contribution in [2.75, 3.05) is 0 Å². The summed E-state index contributed by atoms with van der Waals surface area (Å²) in [5, 5.41) is 8.64. The van der Waals surface area contributed by atoms with Crippen molar-refractivity contribution in [1.29, 1.82) is 0 Å². The van der Waals surface area contributed by atoms with Gasteiger partial charge >= 0.3 is 0 Å². The van der Waals surface area contributed by atoms with Crippen molar-refractivity contribution in [2.24, 2.45) is 5.92 Å². The van der Waals surface area contributed by atoms with E-state index in [9.17, 15) is 0 Å². The summed E-state index contributed by atoms with van der Waals surface area (Å²) in [4.78, 5) is 0. The Morgan fingerprint density at radius 3 is 2.69 bits per heavy atom. The molecule has 0 saturated carbocycles. The fraction of sp³-hybridized carbons (Fsp3) is 0.286. The van der Waals surface area contributed by atoms with Crippen molar-refractivity contribution in [2.45, 2.75) is 19.8 Å². The third-order valence-electron chi connectivity index (χ3n) is 3.14. The molecular formula is C14H14N2. The number of benzene rings is 1. The second-order valence-electron chi connectivity index (χ2n) is 4.58. The second-order valence-corrected chi connectivity index (χ2v) is 4.58. The van der Waals surface area contributed by atoms with Gasteiger partial charge in [0.05, 0.1) is 11.4 Å². The molecule has 2 aromatic rings. The van der Waals surface area contributed by atoms with E-state index in [1.54, 1.807) is 0 Å². The molecule has 80 valence electrons. The van der Waals surface area contributed by atoms with Crippen molar-refractivity contribution in [3.63, 3.8) is 0 Å². The highest BCUT2D eigenvalue weighted by Crippen LogP contribution is 2.27. The van der Waals surface area contributed by atoms with Crippen molar-refractivity contribution in [1.82, 2.24) is 10.2 Å². The van der Waals surface area contributed by atoms with E-state index in [0.29, 0.717) is 0 Å². The van der Waals surface area contributed by atoms with Crippen LogP contribution in [0.5, 0.6) is 0 Å². The number of fused-ring (bicyclic) bond motifs is 1. The van der Waals surface area contributed by atoms with E-state index in [1.165, 1.54) is 11.3 Å². The highest BCUT2D eigenvalue weighted by atomic mass is 15.1. The lowest BCUT2D eigenvalue weighted by Gasteiger charge is -2.02. The quantitative estimate of drug-likeness (QED) is 0.723. The monoisotopic (exact) mass is 210 g/mol. The maximum atomic E-state index is 4.34. The van der Waals surface area contributed by atoms with E-state index in [-0.39, 0.29) is 0 Å². The molecule has 3 rings (SSSR count). The first-order valence-corrected chi connectivity index (χ1v) is 5.74. The lowest BCUT2D eigenvalue weighted by Crippen LogP contribution is -1.94. The normalized spacial score (nSPS) is 18.4. The lowest BCUT2D eigenvalue weighted by atomic mass is 10.1. The maximum Gasteiger partial charge on any atom is 0.0932 e.